The topological polar surface area (TPSA) is 45.1 Å². The minimum absolute atomic E-state index is 0.0156. The molecule has 0 aliphatic carbocycles. The van der Waals surface area contributed by atoms with Crippen molar-refractivity contribution in [2.45, 2.75) is 32.4 Å². The van der Waals surface area contributed by atoms with Crippen LogP contribution < -0.4 is 5.32 Å². The third-order valence-electron chi connectivity index (χ3n) is 2.28. The summed E-state index contributed by atoms with van der Waals surface area (Å²) in [6, 6.07) is 3.14. The van der Waals surface area contributed by atoms with E-state index >= 15 is 0 Å². The number of aliphatic hydroxyl groups excluding tert-OH is 1. The highest BCUT2D eigenvalue weighted by molar-refractivity contribution is 5.09. The number of hydrogen-bond acceptors (Lipinski definition) is 3. The molecule has 1 aromatic rings. The molecule has 0 aromatic carbocycles. The van der Waals surface area contributed by atoms with Crippen molar-refractivity contribution in [3.63, 3.8) is 0 Å². The fourth-order valence-corrected chi connectivity index (χ4v) is 1.40. The van der Waals surface area contributed by atoms with Crippen molar-refractivity contribution in [1.29, 1.82) is 0 Å². The summed E-state index contributed by atoms with van der Waals surface area (Å²) < 4.78 is 12.7. The van der Waals surface area contributed by atoms with E-state index < -0.39 is 0 Å². The van der Waals surface area contributed by atoms with Crippen LogP contribution in [-0.4, -0.2) is 22.7 Å². The van der Waals surface area contributed by atoms with Gasteiger partial charge in [-0.05, 0) is 25.5 Å². The number of pyridine rings is 1. The molecule has 2 N–H and O–H groups in total. The van der Waals surface area contributed by atoms with Gasteiger partial charge in [0.05, 0.1) is 18.5 Å². The number of rotatable bonds is 5. The Bertz CT molecular complexity index is 289. The van der Waals surface area contributed by atoms with E-state index in [0.29, 0.717) is 0 Å². The van der Waals surface area contributed by atoms with Gasteiger partial charge in [-0.3, -0.25) is 4.98 Å². The van der Waals surface area contributed by atoms with Gasteiger partial charge >= 0.3 is 0 Å². The number of halogens is 1. The van der Waals surface area contributed by atoms with Gasteiger partial charge in [0.15, 0.2) is 0 Å². The standard InChI is InChI=1S/C11H17FN2O/c1-3-10(14-8(2)7-15)11-5-4-9(12)6-13-11/h4-6,8,10,14-15H,3,7H2,1-2H3/t8-,10?/m1/s1. The number of nitrogens with one attached hydrogen (secondary N) is 1. The molecule has 0 aliphatic rings. The highest BCUT2D eigenvalue weighted by Gasteiger charge is 2.12. The normalized spacial score (nSPS) is 14.9. The summed E-state index contributed by atoms with van der Waals surface area (Å²) in [5.74, 6) is -0.330. The molecule has 0 aliphatic heterocycles. The molecule has 3 nitrogen and oxygen atoms in total. The highest BCUT2D eigenvalue weighted by Crippen LogP contribution is 2.14. The molecule has 4 heteroatoms. The maximum Gasteiger partial charge on any atom is 0.141 e. The van der Waals surface area contributed by atoms with Gasteiger partial charge in [0.1, 0.15) is 5.82 Å². The predicted octanol–water partition coefficient (Wildman–Crippen LogP) is 1.64. The Morgan fingerprint density at radius 1 is 1.53 bits per heavy atom. The van der Waals surface area contributed by atoms with Crippen LogP contribution in [0.2, 0.25) is 0 Å². The molecule has 0 saturated heterocycles. The minimum Gasteiger partial charge on any atom is -0.395 e. The quantitative estimate of drug-likeness (QED) is 0.780. The summed E-state index contributed by atoms with van der Waals surface area (Å²) in [6.45, 7) is 4.00. The second-order valence-electron chi connectivity index (χ2n) is 3.61. The zero-order valence-corrected chi connectivity index (χ0v) is 9.07. The molecule has 1 unspecified atom stereocenters. The van der Waals surface area contributed by atoms with Gasteiger partial charge in [0.2, 0.25) is 0 Å². The maximum atomic E-state index is 12.7. The molecule has 15 heavy (non-hydrogen) atoms. The SMILES string of the molecule is CCC(N[C@H](C)CO)c1ccc(F)cn1. The van der Waals surface area contributed by atoms with E-state index in [1.807, 2.05) is 13.8 Å². The van der Waals surface area contributed by atoms with Crippen molar-refractivity contribution >= 4 is 0 Å². The van der Waals surface area contributed by atoms with E-state index in [0.717, 1.165) is 12.1 Å². The number of aromatic nitrogens is 1. The molecule has 84 valence electrons. The Labute approximate surface area is 89.4 Å². The first-order chi connectivity index (χ1) is 7.17. The lowest BCUT2D eigenvalue weighted by Gasteiger charge is -2.20. The van der Waals surface area contributed by atoms with Gasteiger partial charge < -0.3 is 10.4 Å². The summed E-state index contributed by atoms with van der Waals surface area (Å²) in [5, 5.41) is 12.1. The van der Waals surface area contributed by atoms with Gasteiger partial charge in [-0.25, -0.2) is 4.39 Å². The predicted molar refractivity (Wildman–Crippen MR) is 56.9 cm³/mol. The van der Waals surface area contributed by atoms with Gasteiger partial charge in [-0.1, -0.05) is 6.92 Å². The Morgan fingerprint density at radius 3 is 2.73 bits per heavy atom. The van der Waals surface area contributed by atoms with Crippen molar-refractivity contribution in [3.8, 4) is 0 Å². The number of nitrogens with zero attached hydrogens (tertiary/aromatic N) is 1. The average Bonchev–Trinajstić information content (AvgIpc) is 2.27. The molecule has 1 rings (SSSR count). The first-order valence-corrected chi connectivity index (χ1v) is 5.15. The summed E-state index contributed by atoms with van der Waals surface area (Å²) in [6.07, 6.45) is 2.06. The Morgan fingerprint density at radius 2 is 2.27 bits per heavy atom. The number of hydrogen-bond donors (Lipinski definition) is 2. The van der Waals surface area contributed by atoms with Crippen molar-refractivity contribution in [1.82, 2.24) is 10.3 Å². The van der Waals surface area contributed by atoms with E-state index in [2.05, 4.69) is 10.3 Å². The second-order valence-corrected chi connectivity index (χ2v) is 3.61. The van der Waals surface area contributed by atoms with Gasteiger partial charge in [-0.2, -0.15) is 0 Å². The molecule has 0 bridgehead atoms. The second kappa shape index (κ2) is 5.78. The van der Waals surface area contributed by atoms with Crippen molar-refractivity contribution in [3.05, 3.63) is 29.8 Å². The summed E-state index contributed by atoms with van der Waals surface area (Å²) in [4.78, 5) is 4.02. The van der Waals surface area contributed by atoms with E-state index in [1.165, 1.54) is 12.3 Å². The molecule has 1 aromatic heterocycles. The van der Waals surface area contributed by atoms with Crippen LogP contribution in [0.5, 0.6) is 0 Å². The van der Waals surface area contributed by atoms with Gasteiger partial charge in [0.25, 0.3) is 0 Å². The summed E-state index contributed by atoms with van der Waals surface area (Å²) >= 11 is 0. The number of aliphatic hydroxyl groups is 1. The van der Waals surface area contributed by atoms with E-state index in [-0.39, 0.29) is 24.5 Å². The van der Waals surface area contributed by atoms with E-state index in [9.17, 15) is 4.39 Å². The van der Waals surface area contributed by atoms with Gasteiger partial charge in [-0.15, -0.1) is 0 Å². The molecule has 0 amide bonds. The van der Waals surface area contributed by atoms with Crippen molar-refractivity contribution < 1.29 is 9.50 Å². The zero-order valence-electron chi connectivity index (χ0n) is 9.07. The van der Waals surface area contributed by atoms with Gasteiger partial charge in [0, 0.05) is 12.1 Å². The van der Waals surface area contributed by atoms with Crippen LogP contribution in [0.4, 0.5) is 4.39 Å². The summed E-state index contributed by atoms with van der Waals surface area (Å²) in [5.41, 5.74) is 0.805. The Balaban J connectivity index is 2.69. The monoisotopic (exact) mass is 212 g/mol. The van der Waals surface area contributed by atoms with Crippen LogP contribution in [0.1, 0.15) is 32.0 Å². The minimum atomic E-state index is -0.330. The Kier molecular flexibility index (Phi) is 4.65. The highest BCUT2D eigenvalue weighted by atomic mass is 19.1. The lowest BCUT2D eigenvalue weighted by molar-refractivity contribution is 0.239. The summed E-state index contributed by atoms with van der Waals surface area (Å²) in [7, 11) is 0. The molecular formula is C11H17FN2O. The lowest BCUT2D eigenvalue weighted by atomic mass is 10.1. The molecule has 0 spiro atoms. The third-order valence-corrected chi connectivity index (χ3v) is 2.28. The lowest BCUT2D eigenvalue weighted by Crippen LogP contribution is -2.33. The van der Waals surface area contributed by atoms with Crippen LogP contribution in [0.25, 0.3) is 0 Å². The molecule has 0 saturated carbocycles. The van der Waals surface area contributed by atoms with Crippen LogP contribution in [0.3, 0.4) is 0 Å². The smallest absolute Gasteiger partial charge is 0.141 e. The molecule has 1 heterocycles. The fourth-order valence-electron chi connectivity index (χ4n) is 1.40. The maximum absolute atomic E-state index is 12.7. The van der Waals surface area contributed by atoms with E-state index in [4.69, 9.17) is 5.11 Å². The molecular weight excluding hydrogens is 195 g/mol. The first-order valence-electron chi connectivity index (χ1n) is 5.15. The van der Waals surface area contributed by atoms with Crippen LogP contribution in [-0.2, 0) is 0 Å². The van der Waals surface area contributed by atoms with Crippen molar-refractivity contribution in [2.75, 3.05) is 6.61 Å². The fraction of sp³-hybridized carbons (Fsp3) is 0.545. The zero-order chi connectivity index (χ0) is 11.3. The van der Waals surface area contributed by atoms with Crippen LogP contribution >= 0.6 is 0 Å². The molecule has 0 radical (unpaired) electrons. The Hall–Kier alpha value is -1.00. The van der Waals surface area contributed by atoms with Crippen molar-refractivity contribution in [2.24, 2.45) is 0 Å². The average molecular weight is 212 g/mol. The third kappa shape index (κ3) is 3.57. The molecule has 0 fully saturated rings. The largest absolute Gasteiger partial charge is 0.395 e. The van der Waals surface area contributed by atoms with Crippen LogP contribution in [0.15, 0.2) is 18.3 Å². The van der Waals surface area contributed by atoms with Crippen LogP contribution in [0, 0.1) is 5.82 Å². The first kappa shape index (κ1) is 12.1. The van der Waals surface area contributed by atoms with E-state index in [1.54, 1.807) is 6.07 Å². The molecule has 2 atom stereocenters.